The zero-order valence-corrected chi connectivity index (χ0v) is 13.2. The molecule has 2 unspecified atom stereocenters. The molecule has 1 saturated carbocycles. The van der Waals surface area contributed by atoms with Crippen molar-refractivity contribution in [2.24, 2.45) is 5.92 Å². The van der Waals surface area contributed by atoms with E-state index >= 15 is 0 Å². The lowest BCUT2D eigenvalue weighted by Crippen LogP contribution is -2.38. The number of carbonyl (C=O) groups excluding carboxylic acids is 1. The Labute approximate surface area is 127 Å². The fourth-order valence-electron chi connectivity index (χ4n) is 2.99. The van der Waals surface area contributed by atoms with Gasteiger partial charge in [-0.3, -0.25) is 9.78 Å². The molecule has 1 fully saturated rings. The molecule has 1 amide bonds. The lowest BCUT2D eigenvalue weighted by atomic mass is 9.84. The summed E-state index contributed by atoms with van der Waals surface area (Å²) in [6, 6.07) is 4.05. The Morgan fingerprint density at radius 1 is 1.38 bits per heavy atom. The van der Waals surface area contributed by atoms with Crippen LogP contribution < -0.4 is 10.6 Å². The quantitative estimate of drug-likeness (QED) is 0.841. The van der Waals surface area contributed by atoms with Crippen molar-refractivity contribution in [3.8, 4) is 0 Å². The zero-order valence-electron chi connectivity index (χ0n) is 13.2. The van der Waals surface area contributed by atoms with Gasteiger partial charge in [0, 0.05) is 24.5 Å². The molecule has 1 aliphatic carbocycles. The Morgan fingerprint density at radius 3 is 3.00 bits per heavy atom. The summed E-state index contributed by atoms with van der Waals surface area (Å²) in [6.45, 7) is 5.26. The highest BCUT2D eigenvalue weighted by Crippen LogP contribution is 2.26. The molecule has 4 heteroatoms. The van der Waals surface area contributed by atoms with E-state index in [1.54, 1.807) is 6.20 Å². The van der Waals surface area contributed by atoms with Crippen molar-refractivity contribution in [1.82, 2.24) is 10.3 Å². The van der Waals surface area contributed by atoms with E-state index in [1.807, 2.05) is 12.1 Å². The molecule has 1 aliphatic rings. The summed E-state index contributed by atoms with van der Waals surface area (Å²) in [4.78, 5) is 16.5. The van der Waals surface area contributed by atoms with Gasteiger partial charge in [0.05, 0.1) is 0 Å². The molecule has 1 heterocycles. The summed E-state index contributed by atoms with van der Waals surface area (Å²) < 4.78 is 0. The average molecular weight is 289 g/mol. The third-order valence-corrected chi connectivity index (χ3v) is 4.27. The molecular formula is C17H27N3O. The largest absolute Gasteiger partial charge is 0.385 e. The lowest BCUT2D eigenvalue weighted by molar-refractivity contribution is 0.0914. The Kier molecular flexibility index (Phi) is 6.03. The molecule has 116 valence electrons. The van der Waals surface area contributed by atoms with Gasteiger partial charge < -0.3 is 10.6 Å². The molecule has 21 heavy (non-hydrogen) atoms. The maximum Gasteiger partial charge on any atom is 0.270 e. The summed E-state index contributed by atoms with van der Waals surface area (Å²) in [5.74, 6) is 0.714. The smallest absolute Gasteiger partial charge is 0.270 e. The van der Waals surface area contributed by atoms with E-state index in [2.05, 4.69) is 29.5 Å². The maximum absolute atomic E-state index is 12.3. The van der Waals surface area contributed by atoms with Gasteiger partial charge in [-0.2, -0.15) is 0 Å². The molecule has 0 aliphatic heterocycles. The zero-order chi connectivity index (χ0) is 15.1. The van der Waals surface area contributed by atoms with Crippen LogP contribution in [0.1, 0.15) is 62.9 Å². The number of hydrogen-bond acceptors (Lipinski definition) is 3. The second-order valence-electron chi connectivity index (χ2n) is 5.97. The van der Waals surface area contributed by atoms with E-state index < -0.39 is 0 Å². The van der Waals surface area contributed by atoms with Crippen LogP contribution in [-0.4, -0.2) is 23.5 Å². The predicted octanol–water partition coefficient (Wildman–Crippen LogP) is 3.60. The van der Waals surface area contributed by atoms with Crippen LogP contribution in [0.3, 0.4) is 0 Å². The third kappa shape index (κ3) is 4.73. The minimum absolute atomic E-state index is 0.0445. The maximum atomic E-state index is 12.3. The lowest BCUT2D eigenvalue weighted by Gasteiger charge is -2.29. The van der Waals surface area contributed by atoms with Gasteiger partial charge in [0.1, 0.15) is 5.69 Å². The number of carbonyl (C=O) groups is 1. The molecule has 2 rings (SSSR count). The molecule has 1 aromatic heterocycles. The molecule has 1 aromatic rings. The highest BCUT2D eigenvalue weighted by atomic mass is 16.1. The minimum atomic E-state index is -0.0445. The topological polar surface area (TPSA) is 54.0 Å². The summed E-state index contributed by atoms with van der Waals surface area (Å²) in [7, 11) is 0. The molecule has 0 bridgehead atoms. The number of rotatable bonds is 6. The van der Waals surface area contributed by atoms with Gasteiger partial charge in [-0.25, -0.2) is 0 Å². The van der Waals surface area contributed by atoms with E-state index in [-0.39, 0.29) is 5.91 Å². The van der Waals surface area contributed by atoms with Crippen LogP contribution in [0.15, 0.2) is 18.3 Å². The van der Waals surface area contributed by atoms with Gasteiger partial charge in [0.2, 0.25) is 0 Å². The summed E-state index contributed by atoms with van der Waals surface area (Å²) in [5, 5.41) is 6.44. The summed E-state index contributed by atoms with van der Waals surface area (Å²) in [5.41, 5.74) is 1.47. The summed E-state index contributed by atoms with van der Waals surface area (Å²) in [6.07, 6.45) is 8.69. The van der Waals surface area contributed by atoms with Gasteiger partial charge in [0.15, 0.2) is 0 Å². The minimum Gasteiger partial charge on any atom is -0.385 e. The van der Waals surface area contributed by atoms with Crippen molar-refractivity contribution < 1.29 is 4.79 Å². The van der Waals surface area contributed by atoms with Crippen LogP contribution in [0, 0.1) is 5.92 Å². The van der Waals surface area contributed by atoms with Crippen molar-refractivity contribution >= 4 is 11.6 Å². The van der Waals surface area contributed by atoms with Crippen LogP contribution in [0.5, 0.6) is 0 Å². The van der Waals surface area contributed by atoms with E-state index in [9.17, 15) is 4.79 Å². The fourth-order valence-corrected chi connectivity index (χ4v) is 2.99. The molecule has 2 atom stereocenters. The first-order valence-corrected chi connectivity index (χ1v) is 8.23. The number of anilines is 1. The molecule has 0 radical (unpaired) electrons. The Balaban J connectivity index is 1.93. The highest BCUT2D eigenvalue weighted by Gasteiger charge is 2.22. The molecular weight excluding hydrogens is 262 g/mol. The van der Waals surface area contributed by atoms with Crippen LogP contribution in [0.25, 0.3) is 0 Å². The predicted molar refractivity (Wildman–Crippen MR) is 86.5 cm³/mol. The van der Waals surface area contributed by atoms with Gasteiger partial charge in [-0.05, 0) is 37.3 Å². The number of nitrogens with one attached hydrogen (secondary N) is 2. The van der Waals surface area contributed by atoms with Gasteiger partial charge in [0.25, 0.3) is 5.91 Å². The number of amides is 1. The molecule has 0 saturated heterocycles. The second kappa shape index (κ2) is 8.01. The fraction of sp³-hybridized carbons (Fsp3) is 0.647. The first kappa shape index (κ1) is 15.8. The molecule has 0 spiro atoms. The second-order valence-corrected chi connectivity index (χ2v) is 5.97. The molecule has 2 N–H and O–H groups in total. The van der Waals surface area contributed by atoms with E-state index in [0.717, 1.165) is 37.4 Å². The highest BCUT2D eigenvalue weighted by molar-refractivity contribution is 5.93. The SMILES string of the molecule is CCCNc1ccnc(C(=O)NC2CCCC(CC)C2)c1. The number of aromatic nitrogens is 1. The average Bonchev–Trinajstić information content (AvgIpc) is 2.53. The van der Waals surface area contributed by atoms with Crippen molar-refractivity contribution in [2.75, 3.05) is 11.9 Å². The Hall–Kier alpha value is -1.58. The molecule has 0 aromatic carbocycles. The van der Waals surface area contributed by atoms with E-state index in [4.69, 9.17) is 0 Å². The van der Waals surface area contributed by atoms with Crippen molar-refractivity contribution in [2.45, 2.75) is 58.4 Å². The molecule has 4 nitrogen and oxygen atoms in total. The van der Waals surface area contributed by atoms with Crippen LogP contribution in [0.2, 0.25) is 0 Å². The normalized spacial score (nSPS) is 21.8. The van der Waals surface area contributed by atoms with E-state index in [0.29, 0.717) is 11.7 Å². The Morgan fingerprint density at radius 2 is 2.24 bits per heavy atom. The van der Waals surface area contributed by atoms with Crippen LogP contribution >= 0.6 is 0 Å². The number of nitrogens with zero attached hydrogens (tertiary/aromatic N) is 1. The standard InChI is InChI=1S/C17H27N3O/c1-3-9-18-14-8-10-19-16(12-14)17(21)20-15-7-5-6-13(4-2)11-15/h8,10,12-13,15H,3-7,9,11H2,1-2H3,(H,18,19)(H,20,21). The van der Waals surface area contributed by atoms with Crippen LogP contribution in [0.4, 0.5) is 5.69 Å². The first-order valence-electron chi connectivity index (χ1n) is 8.23. The van der Waals surface area contributed by atoms with Crippen molar-refractivity contribution in [3.63, 3.8) is 0 Å². The monoisotopic (exact) mass is 289 g/mol. The van der Waals surface area contributed by atoms with Gasteiger partial charge in [-0.1, -0.05) is 33.1 Å². The third-order valence-electron chi connectivity index (χ3n) is 4.27. The number of pyridine rings is 1. The van der Waals surface area contributed by atoms with Gasteiger partial charge in [-0.15, -0.1) is 0 Å². The summed E-state index contributed by atoms with van der Waals surface area (Å²) >= 11 is 0. The van der Waals surface area contributed by atoms with Crippen molar-refractivity contribution in [3.05, 3.63) is 24.0 Å². The van der Waals surface area contributed by atoms with Crippen molar-refractivity contribution in [1.29, 1.82) is 0 Å². The Bertz CT molecular complexity index is 461. The van der Waals surface area contributed by atoms with E-state index in [1.165, 1.54) is 19.3 Å². The van der Waals surface area contributed by atoms with Gasteiger partial charge >= 0.3 is 0 Å². The number of hydrogen-bond donors (Lipinski definition) is 2. The first-order chi connectivity index (χ1) is 10.2. The van der Waals surface area contributed by atoms with Crippen LogP contribution in [-0.2, 0) is 0 Å².